The standard InChI is InChI=1S/C13H15N5O3S2/c1-3-14-12-16-17-13(23-12)22-8(2)11(19)15-9-6-4-5-7-10(9)18(20)21/h4-8H,3H2,1-2H3,(H,14,16)(H,15,19)/t8-/m1/s1. The third kappa shape index (κ3) is 4.63. The Morgan fingerprint density at radius 1 is 1.43 bits per heavy atom. The molecule has 1 heterocycles. The smallest absolute Gasteiger partial charge is 0.292 e. The Kier molecular flexibility index (Phi) is 5.88. The van der Waals surface area contributed by atoms with Crippen LogP contribution in [-0.4, -0.2) is 32.8 Å². The van der Waals surface area contributed by atoms with Gasteiger partial charge in [0.05, 0.1) is 10.2 Å². The normalized spacial score (nSPS) is 11.7. The van der Waals surface area contributed by atoms with Crippen molar-refractivity contribution in [3.63, 3.8) is 0 Å². The lowest BCUT2D eigenvalue weighted by Gasteiger charge is -2.10. The maximum absolute atomic E-state index is 12.2. The first-order valence-electron chi connectivity index (χ1n) is 6.79. The van der Waals surface area contributed by atoms with Crippen LogP contribution in [0, 0.1) is 10.1 Å². The maximum Gasteiger partial charge on any atom is 0.292 e. The molecule has 0 spiro atoms. The van der Waals surface area contributed by atoms with E-state index in [1.807, 2.05) is 6.92 Å². The minimum atomic E-state index is -0.527. The van der Waals surface area contributed by atoms with Crippen molar-refractivity contribution in [3.05, 3.63) is 34.4 Å². The highest BCUT2D eigenvalue weighted by Crippen LogP contribution is 2.30. The Balaban J connectivity index is 2.01. The lowest BCUT2D eigenvalue weighted by molar-refractivity contribution is -0.383. The molecule has 0 fully saturated rings. The van der Waals surface area contributed by atoms with Crippen molar-refractivity contribution < 1.29 is 9.72 Å². The van der Waals surface area contributed by atoms with E-state index in [0.717, 1.165) is 6.54 Å². The summed E-state index contributed by atoms with van der Waals surface area (Å²) >= 11 is 2.61. The van der Waals surface area contributed by atoms with Crippen molar-refractivity contribution in [3.8, 4) is 0 Å². The molecule has 1 aromatic heterocycles. The summed E-state index contributed by atoms with van der Waals surface area (Å²) in [6.45, 7) is 4.41. The number of benzene rings is 1. The van der Waals surface area contributed by atoms with Gasteiger partial charge in [0, 0.05) is 12.6 Å². The van der Waals surface area contributed by atoms with Gasteiger partial charge in [0.1, 0.15) is 5.69 Å². The van der Waals surface area contributed by atoms with Crippen molar-refractivity contribution in [2.45, 2.75) is 23.4 Å². The quantitative estimate of drug-likeness (QED) is 0.447. The largest absolute Gasteiger partial charge is 0.360 e. The Hall–Kier alpha value is -2.20. The summed E-state index contributed by atoms with van der Waals surface area (Å²) in [4.78, 5) is 22.6. The predicted molar refractivity (Wildman–Crippen MR) is 91.1 cm³/mol. The molecule has 2 rings (SSSR count). The first-order valence-corrected chi connectivity index (χ1v) is 8.49. The fraction of sp³-hybridized carbons (Fsp3) is 0.308. The number of carbonyl (C=O) groups excluding carboxylic acids is 1. The average molecular weight is 353 g/mol. The van der Waals surface area contributed by atoms with Gasteiger partial charge in [0.2, 0.25) is 11.0 Å². The highest BCUT2D eigenvalue weighted by Gasteiger charge is 2.20. The number of amides is 1. The molecule has 122 valence electrons. The van der Waals surface area contributed by atoms with Gasteiger partial charge in [-0.25, -0.2) is 0 Å². The molecule has 2 N–H and O–H groups in total. The van der Waals surface area contributed by atoms with Crippen molar-refractivity contribution in [2.24, 2.45) is 0 Å². The van der Waals surface area contributed by atoms with Gasteiger partial charge in [-0.3, -0.25) is 14.9 Å². The van der Waals surface area contributed by atoms with E-state index < -0.39 is 10.2 Å². The Labute approximate surface area is 140 Å². The number of aromatic nitrogens is 2. The van der Waals surface area contributed by atoms with Crippen LogP contribution >= 0.6 is 23.1 Å². The molecular formula is C13H15N5O3S2. The van der Waals surface area contributed by atoms with E-state index in [1.165, 1.54) is 35.2 Å². The highest BCUT2D eigenvalue weighted by atomic mass is 32.2. The molecular weight excluding hydrogens is 338 g/mol. The van der Waals surface area contributed by atoms with Crippen LogP contribution in [-0.2, 0) is 4.79 Å². The number of carbonyl (C=O) groups is 1. The van der Waals surface area contributed by atoms with Crippen molar-refractivity contribution in [1.29, 1.82) is 0 Å². The topological polar surface area (TPSA) is 110 Å². The molecule has 8 nitrogen and oxygen atoms in total. The van der Waals surface area contributed by atoms with Crippen LogP contribution in [0.5, 0.6) is 0 Å². The van der Waals surface area contributed by atoms with Crippen molar-refractivity contribution in [1.82, 2.24) is 10.2 Å². The zero-order valence-electron chi connectivity index (χ0n) is 12.5. The highest BCUT2D eigenvalue weighted by molar-refractivity contribution is 8.02. The van der Waals surface area contributed by atoms with E-state index in [9.17, 15) is 14.9 Å². The van der Waals surface area contributed by atoms with Crippen LogP contribution < -0.4 is 10.6 Å². The molecule has 0 radical (unpaired) electrons. The predicted octanol–water partition coefficient (Wildman–Crippen LogP) is 3.00. The number of hydrogen-bond donors (Lipinski definition) is 2. The van der Waals surface area contributed by atoms with E-state index in [0.29, 0.717) is 9.47 Å². The average Bonchev–Trinajstić information content (AvgIpc) is 2.95. The zero-order valence-corrected chi connectivity index (χ0v) is 14.1. The number of anilines is 2. The number of nitrogens with zero attached hydrogens (tertiary/aromatic N) is 3. The van der Waals surface area contributed by atoms with Crippen LogP contribution in [0.4, 0.5) is 16.5 Å². The van der Waals surface area contributed by atoms with Gasteiger partial charge < -0.3 is 10.6 Å². The third-order valence-electron chi connectivity index (χ3n) is 2.74. The van der Waals surface area contributed by atoms with Crippen LogP contribution in [0.1, 0.15) is 13.8 Å². The summed E-state index contributed by atoms with van der Waals surface area (Å²) in [6.07, 6.45) is 0. The molecule has 0 saturated carbocycles. The van der Waals surface area contributed by atoms with Gasteiger partial charge in [0.15, 0.2) is 4.34 Å². The van der Waals surface area contributed by atoms with E-state index in [1.54, 1.807) is 19.1 Å². The minimum Gasteiger partial charge on any atom is -0.360 e. The number of para-hydroxylation sites is 2. The van der Waals surface area contributed by atoms with Crippen LogP contribution in [0.25, 0.3) is 0 Å². The summed E-state index contributed by atoms with van der Waals surface area (Å²) in [5.74, 6) is -0.329. The second kappa shape index (κ2) is 7.88. The van der Waals surface area contributed by atoms with E-state index >= 15 is 0 Å². The molecule has 2 aromatic rings. The molecule has 1 aromatic carbocycles. The molecule has 0 aliphatic carbocycles. The number of nitro groups is 1. The lowest BCUT2D eigenvalue weighted by Crippen LogP contribution is -2.22. The summed E-state index contributed by atoms with van der Waals surface area (Å²) < 4.78 is 0.658. The Morgan fingerprint density at radius 3 is 2.87 bits per heavy atom. The Morgan fingerprint density at radius 2 is 2.17 bits per heavy atom. The first-order chi connectivity index (χ1) is 11.0. The Bertz CT molecular complexity index is 706. The van der Waals surface area contributed by atoms with E-state index in [-0.39, 0.29) is 17.3 Å². The third-order valence-corrected chi connectivity index (χ3v) is 4.81. The molecule has 0 unspecified atom stereocenters. The van der Waals surface area contributed by atoms with Gasteiger partial charge in [-0.05, 0) is 19.9 Å². The van der Waals surface area contributed by atoms with Crippen molar-refractivity contribution in [2.75, 3.05) is 17.2 Å². The molecule has 0 bridgehead atoms. The second-order valence-corrected chi connectivity index (χ2v) is 6.99. The van der Waals surface area contributed by atoms with Gasteiger partial charge >= 0.3 is 0 Å². The molecule has 23 heavy (non-hydrogen) atoms. The molecule has 10 heteroatoms. The van der Waals surface area contributed by atoms with Crippen LogP contribution in [0.3, 0.4) is 0 Å². The summed E-state index contributed by atoms with van der Waals surface area (Å²) in [6, 6.07) is 6.03. The molecule has 0 aliphatic heterocycles. The molecule has 1 atom stereocenters. The van der Waals surface area contributed by atoms with Gasteiger partial charge in [-0.1, -0.05) is 35.2 Å². The van der Waals surface area contributed by atoms with E-state index in [4.69, 9.17) is 0 Å². The summed E-state index contributed by atoms with van der Waals surface area (Å²) in [7, 11) is 0. The summed E-state index contributed by atoms with van der Waals surface area (Å²) in [5.41, 5.74) is 0.0453. The van der Waals surface area contributed by atoms with Crippen LogP contribution in [0.2, 0.25) is 0 Å². The SMILES string of the molecule is CCNc1nnc(S[C@H](C)C(=O)Nc2ccccc2[N+](=O)[O-])s1. The van der Waals surface area contributed by atoms with Crippen molar-refractivity contribution >= 4 is 45.5 Å². The number of nitrogens with one attached hydrogen (secondary N) is 2. The number of nitro benzene ring substituents is 1. The number of thioether (sulfide) groups is 1. The molecule has 0 saturated heterocycles. The molecule has 0 aliphatic rings. The first kappa shape index (κ1) is 17.2. The maximum atomic E-state index is 12.2. The summed E-state index contributed by atoms with van der Waals surface area (Å²) in [5, 5.41) is 24.8. The fourth-order valence-electron chi connectivity index (χ4n) is 1.66. The van der Waals surface area contributed by atoms with Gasteiger partial charge in [-0.15, -0.1) is 10.2 Å². The number of hydrogen-bond acceptors (Lipinski definition) is 8. The fourth-order valence-corrected chi connectivity index (χ4v) is 3.62. The van der Waals surface area contributed by atoms with Crippen LogP contribution in [0.15, 0.2) is 28.6 Å². The molecule has 1 amide bonds. The van der Waals surface area contributed by atoms with E-state index in [2.05, 4.69) is 20.8 Å². The minimum absolute atomic E-state index is 0.136. The number of rotatable bonds is 7. The van der Waals surface area contributed by atoms with Gasteiger partial charge in [0.25, 0.3) is 5.69 Å². The lowest BCUT2D eigenvalue weighted by atomic mass is 10.2. The zero-order chi connectivity index (χ0) is 16.8. The van der Waals surface area contributed by atoms with Gasteiger partial charge in [-0.2, -0.15) is 0 Å². The second-order valence-electron chi connectivity index (χ2n) is 4.43. The monoisotopic (exact) mass is 353 g/mol.